The summed E-state index contributed by atoms with van der Waals surface area (Å²) in [6, 6.07) is 21.0. The van der Waals surface area contributed by atoms with Crippen LogP contribution in [0.1, 0.15) is 42.4 Å². The van der Waals surface area contributed by atoms with Gasteiger partial charge < -0.3 is 26.0 Å². The maximum absolute atomic E-state index is 15.4. The minimum absolute atomic E-state index is 0.0900. The van der Waals surface area contributed by atoms with Crippen molar-refractivity contribution in [3.05, 3.63) is 130 Å². The number of rotatable bonds is 5. The molecule has 10 heteroatoms. The van der Waals surface area contributed by atoms with Crippen LogP contribution in [-0.2, 0) is 15.9 Å². The molecule has 1 saturated carbocycles. The normalized spacial score (nSPS) is 27.7. The number of hydrogen-bond donors (Lipinski definition) is 4. The molecule has 3 aliphatic rings. The van der Waals surface area contributed by atoms with Crippen molar-refractivity contribution in [3.8, 4) is 0 Å². The number of halogens is 2. The number of aliphatic hydroxyl groups is 1. The van der Waals surface area contributed by atoms with Crippen LogP contribution < -0.4 is 16.0 Å². The third-order valence-electron chi connectivity index (χ3n) is 9.50. The molecule has 2 aromatic heterocycles. The third kappa shape index (κ3) is 5.45. The number of carbonyl (C=O) groups excluding carboxylic acids is 1. The molecule has 4 N–H and O–H groups in total. The van der Waals surface area contributed by atoms with Crippen molar-refractivity contribution in [1.82, 2.24) is 20.2 Å². The van der Waals surface area contributed by atoms with E-state index in [4.69, 9.17) is 11.6 Å². The Bertz CT molecular complexity index is 1760. The predicted octanol–water partition coefficient (Wildman–Crippen LogP) is 5.77. The summed E-state index contributed by atoms with van der Waals surface area (Å²) in [5.41, 5.74) is 1.85. The van der Waals surface area contributed by atoms with Gasteiger partial charge in [0.15, 0.2) is 0 Å². The number of carbonyl (C=O) groups is 1. The molecule has 4 aromatic rings. The van der Waals surface area contributed by atoms with Gasteiger partial charge in [-0.05, 0) is 90.9 Å². The fourth-order valence-electron chi connectivity index (χ4n) is 6.99. The average molecular weight is 625 g/mol. The molecule has 4 atom stereocenters. The second-order valence-corrected chi connectivity index (χ2v) is 12.6. The van der Waals surface area contributed by atoms with Gasteiger partial charge >= 0.3 is 0 Å². The Morgan fingerprint density at radius 1 is 1.04 bits per heavy atom. The number of nitrogens with zero attached hydrogens (tertiary/aromatic N) is 3. The van der Waals surface area contributed by atoms with Gasteiger partial charge in [0.1, 0.15) is 29.1 Å². The molecule has 2 unspecified atom stereocenters. The molecule has 1 saturated heterocycles. The molecular weight excluding hydrogens is 591 g/mol. The first-order chi connectivity index (χ1) is 21.8. The molecule has 2 fully saturated rings. The van der Waals surface area contributed by atoms with E-state index < -0.39 is 28.9 Å². The van der Waals surface area contributed by atoms with Gasteiger partial charge in [-0.25, -0.2) is 9.37 Å². The van der Waals surface area contributed by atoms with Crippen molar-refractivity contribution in [2.75, 3.05) is 24.2 Å². The Morgan fingerprint density at radius 3 is 2.58 bits per heavy atom. The summed E-state index contributed by atoms with van der Waals surface area (Å²) < 4.78 is 15.4. The lowest BCUT2D eigenvalue weighted by Crippen LogP contribution is -2.42. The number of anilines is 2. The number of pyridine rings is 2. The smallest absolute Gasteiger partial charge is 0.247 e. The number of benzene rings is 2. The van der Waals surface area contributed by atoms with E-state index in [9.17, 15) is 9.90 Å². The minimum Gasteiger partial charge on any atom is -0.383 e. The highest BCUT2D eigenvalue weighted by Crippen LogP contribution is 2.50. The number of aromatic nitrogens is 2. The molecular formula is C35H34ClFN6O2. The Hall–Kier alpha value is -4.31. The first-order valence-corrected chi connectivity index (χ1v) is 15.5. The minimum atomic E-state index is -1.31. The summed E-state index contributed by atoms with van der Waals surface area (Å²) in [6.07, 6.45) is 7.58. The lowest BCUT2D eigenvalue weighted by molar-refractivity contribution is -0.120. The zero-order chi connectivity index (χ0) is 31.2. The van der Waals surface area contributed by atoms with Crippen LogP contribution in [0.5, 0.6) is 0 Å². The lowest BCUT2D eigenvalue weighted by atomic mass is 9.78. The van der Waals surface area contributed by atoms with E-state index >= 15 is 4.39 Å². The molecule has 230 valence electrons. The average Bonchev–Trinajstić information content (AvgIpc) is 3.74. The zero-order valence-electron chi connectivity index (χ0n) is 24.8. The standard InChI is InChI=1S/C35H34ClFN6O2/c1-38-35(24-12-15-39-16-13-24)14-11-22-17-27(22)32(42-31-10-8-26(36)20-40-31)43-21-34(45,23-5-3-2-4-6-23)19-30(43)33(44)41-29-18-25(35)7-9-28(29)37/h2-10,12-13,15-16,18,20,22,30,38,45H,11,14,17,19,21H2,1H3,(H,40,42)(H,41,44)/b32-27+/t22?,30-,34-,35?/m1/s1. The van der Waals surface area contributed by atoms with Crippen molar-refractivity contribution in [2.24, 2.45) is 5.92 Å². The van der Waals surface area contributed by atoms with Gasteiger partial charge in [-0.2, -0.15) is 0 Å². The Morgan fingerprint density at radius 2 is 1.84 bits per heavy atom. The van der Waals surface area contributed by atoms with Crippen LogP contribution in [0.2, 0.25) is 5.02 Å². The highest BCUT2D eigenvalue weighted by molar-refractivity contribution is 6.30. The van der Waals surface area contributed by atoms with Crippen molar-refractivity contribution in [3.63, 3.8) is 0 Å². The molecule has 2 aromatic carbocycles. The molecule has 4 heterocycles. The van der Waals surface area contributed by atoms with Crippen molar-refractivity contribution < 1.29 is 14.3 Å². The van der Waals surface area contributed by atoms with E-state index in [0.29, 0.717) is 17.3 Å². The first-order valence-electron chi connectivity index (χ1n) is 15.2. The van der Waals surface area contributed by atoms with Crippen LogP contribution in [0.3, 0.4) is 0 Å². The fraction of sp³-hybridized carbons (Fsp3) is 0.286. The number of allylic oxidation sites excluding steroid dienone is 1. The Balaban J connectivity index is 1.36. The van der Waals surface area contributed by atoms with Gasteiger partial charge in [-0.1, -0.05) is 48.0 Å². The van der Waals surface area contributed by atoms with E-state index in [0.717, 1.165) is 40.9 Å². The number of amides is 1. The molecule has 2 aliphatic heterocycles. The molecule has 8 nitrogen and oxygen atoms in total. The lowest BCUT2D eigenvalue weighted by Gasteiger charge is -2.35. The molecule has 7 rings (SSSR count). The van der Waals surface area contributed by atoms with Crippen molar-refractivity contribution in [2.45, 2.75) is 42.9 Å². The van der Waals surface area contributed by atoms with E-state index in [-0.39, 0.29) is 24.6 Å². The Labute approximate surface area is 266 Å². The highest BCUT2D eigenvalue weighted by Gasteiger charge is 2.50. The van der Waals surface area contributed by atoms with Gasteiger partial charge in [0.05, 0.1) is 22.8 Å². The molecule has 1 aliphatic carbocycles. The van der Waals surface area contributed by atoms with E-state index in [1.807, 2.05) is 54.4 Å². The summed E-state index contributed by atoms with van der Waals surface area (Å²) in [6.45, 7) is 0.168. The maximum Gasteiger partial charge on any atom is 0.247 e. The molecule has 0 spiro atoms. The van der Waals surface area contributed by atoms with Gasteiger partial charge in [0.25, 0.3) is 0 Å². The van der Waals surface area contributed by atoms with Gasteiger partial charge in [0.2, 0.25) is 5.91 Å². The van der Waals surface area contributed by atoms with Gasteiger partial charge in [-0.15, -0.1) is 0 Å². The van der Waals surface area contributed by atoms with Crippen LogP contribution in [0, 0.1) is 11.7 Å². The summed E-state index contributed by atoms with van der Waals surface area (Å²) in [5, 5.41) is 22.5. The first kappa shape index (κ1) is 29.4. The van der Waals surface area contributed by atoms with Gasteiger partial charge in [0, 0.05) is 25.0 Å². The molecule has 2 bridgehead atoms. The quantitative estimate of drug-likeness (QED) is 0.224. The number of hydrogen-bond acceptors (Lipinski definition) is 7. The van der Waals surface area contributed by atoms with Crippen LogP contribution in [0.4, 0.5) is 15.9 Å². The summed E-state index contributed by atoms with van der Waals surface area (Å²) >= 11 is 6.13. The summed E-state index contributed by atoms with van der Waals surface area (Å²) in [7, 11) is 1.91. The molecule has 45 heavy (non-hydrogen) atoms. The van der Waals surface area contributed by atoms with E-state index in [1.165, 1.54) is 6.07 Å². The Kier molecular flexibility index (Phi) is 7.55. The van der Waals surface area contributed by atoms with Crippen molar-refractivity contribution in [1.29, 1.82) is 0 Å². The maximum atomic E-state index is 15.4. The summed E-state index contributed by atoms with van der Waals surface area (Å²) in [4.78, 5) is 24.8. The van der Waals surface area contributed by atoms with Crippen LogP contribution in [0.25, 0.3) is 0 Å². The second-order valence-electron chi connectivity index (χ2n) is 12.1. The van der Waals surface area contributed by atoms with E-state index in [2.05, 4.69) is 25.9 Å². The fourth-order valence-corrected chi connectivity index (χ4v) is 7.10. The van der Waals surface area contributed by atoms with Crippen LogP contribution in [-0.4, -0.2) is 45.5 Å². The van der Waals surface area contributed by atoms with Gasteiger partial charge in [-0.3, -0.25) is 9.78 Å². The molecule has 1 amide bonds. The number of fused-ring (bicyclic) bond motifs is 4. The topological polar surface area (TPSA) is 102 Å². The molecule has 0 radical (unpaired) electrons. The highest BCUT2D eigenvalue weighted by atomic mass is 35.5. The summed E-state index contributed by atoms with van der Waals surface area (Å²) in [5.74, 6) is 0.605. The van der Waals surface area contributed by atoms with E-state index in [1.54, 1.807) is 42.9 Å². The van der Waals surface area contributed by atoms with Crippen LogP contribution in [0.15, 0.2) is 103 Å². The monoisotopic (exact) mass is 624 g/mol. The number of nitrogens with one attached hydrogen (secondary N) is 3. The third-order valence-corrected chi connectivity index (χ3v) is 9.73. The predicted molar refractivity (Wildman–Crippen MR) is 172 cm³/mol. The second kappa shape index (κ2) is 11.6. The SMILES string of the molecule is CNC1(c2ccncc2)CCC2C/C2=C(/Nc2ccc(Cl)cn2)N2C[C@@](O)(c3ccccc3)C[C@@H]2C(=O)Nc2cc1ccc2F. The van der Waals surface area contributed by atoms with Crippen LogP contribution >= 0.6 is 11.6 Å². The van der Waals surface area contributed by atoms with Crippen molar-refractivity contribution >= 4 is 29.0 Å². The zero-order valence-corrected chi connectivity index (χ0v) is 25.6. The largest absolute Gasteiger partial charge is 0.383 e.